The van der Waals surface area contributed by atoms with Crippen molar-refractivity contribution in [2.75, 3.05) is 18.9 Å². The van der Waals surface area contributed by atoms with Gasteiger partial charge in [-0.2, -0.15) is 13.2 Å². The number of hydrogen-bond acceptors (Lipinski definition) is 2. The molecule has 0 unspecified atom stereocenters. The van der Waals surface area contributed by atoms with E-state index in [-0.39, 0.29) is 12.3 Å². The predicted molar refractivity (Wildman–Crippen MR) is 72.6 cm³/mol. The van der Waals surface area contributed by atoms with Crippen LogP contribution >= 0.6 is 0 Å². The van der Waals surface area contributed by atoms with Gasteiger partial charge in [0, 0.05) is 18.5 Å². The Hall–Kier alpha value is -1.56. The van der Waals surface area contributed by atoms with E-state index in [1.165, 1.54) is 0 Å². The van der Waals surface area contributed by atoms with E-state index >= 15 is 0 Å². The van der Waals surface area contributed by atoms with Gasteiger partial charge in [-0.05, 0) is 44.1 Å². The normalized spacial score (nSPS) is 11.4. The average Bonchev–Trinajstić information content (AvgIpc) is 2.37. The first-order valence-corrected chi connectivity index (χ1v) is 6.51. The van der Waals surface area contributed by atoms with E-state index in [1.807, 2.05) is 7.05 Å². The Morgan fingerprint density at radius 3 is 2.40 bits per heavy atom. The Balaban J connectivity index is 2.40. The zero-order chi connectivity index (χ0) is 15.0. The van der Waals surface area contributed by atoms with Gasteiger partial charge in [-0.25, -0.2) is 0 Å². The minimum absolute atomic E-state index is 0.0418. The molecule has 0 radical (unpaired) electrons. The fraction of sp³-hybridized carbons (Fsp3) is 0.500. The van der Waals surface area contributed by atoms with Crippen LogP contribution in [0.2, 0.25) is 0 Å². The van der Waals surface area contributed by atoms with Gasteiger partial charge in [0.1, 0.15) is 0 Å². The first kappa shape index (κ1) is 16.5. The fourth-order valence-electron chi connectivity index (χ4n) is 1.69. The molecule has 3 nitrogen and oxygen atoms in total. The minimum atomic E-state index is -4.14. The predicted octanol–water partition coefficient (Wildman–Crippen LogP) is 3.12. The van der Waals surface area contributed by atoms with E-state index in [0.29, 0.717) is 17.7 Å². The largest absolute Gasteiger partial charge is 0.389 e. The first-order chi connectivity index (χ1) is 9.40. The van der Waals surface area contributed by atoms with Gasteiger partial charge in [0.05, 0.1) is 0 Å². The zero-order valence-corrected chi connectivity index (χ0v) is 11.4. The van der Waals surface area contributed by atoms with E-state index in [1.54, 1.807) is 24.3 Å². The molecule has 0 saturated carbocycles. The van der Waals surface area contributed by atoms with Crippen molar-refractivity contribution in [1.29, 1.82) is 0 Å². The van der Waals surface area contributed by atoms with Crippen LogP contribution in [-0.2, 0) is 11.2 Å². The van der Waals surface area contributed by atoms with Crippen LogP contribution in [0.25, 0.3) is 0 Å². The maximum Gasteiger partial charge on any atom is 0.389 e. The molecule has 0 bridgehead atoms. The number of alkyl halides is 3. The number of rotatable bonds is 7. The molecular formula is C14H19F3N2O. The van der Waals surface area contributed by atoms with Gasteiger partial charge in [0.15, 0.2) is 0 Å². The molecule has 0 saturated heterocycles. The number of carbonyl (C=O) groups excluding carboxylic acids is 1. The Kier molecular flexibility index (Phi) is 6.51. The summed E-state index contributed by atoms with van der Waals surface area (Å²) < 4.78 is 36.2. The van der Waals surface area contributed by atoms with E-state index in [4.69, 9.17) is 0 Å². The molecule has 1 aromatic rings. The van der Waals surface area contributed by atoms with Crippen molar-refractivity contribution in [3.05, 3.63) is 29.8 Å². The van der Waals surface area contributed by atoms with Crippen molar-refractivity contribution < 1.29 is 18.0 Å². The molecule has 0 heterocycles. The number of benzene rings is 1. The molecular weight excluding hydrogens is 269 g/mol. The third-order valence-corrected chi connectivity index (χ3v) is 2.77. The molecule has 2 N–H and O–H groups in total. The number of nitrogens with one attached hydrogen (secondary N) is 2. The molecule has 0 atom stereocenters. The van der Waals surface area contributed by atoms with E-state index < -0.39 is 12.6 Å². The van der Waals surface area contributed by atoms with Crippen molar-refractivity contribution in [3.63, 3.8) is 0 Å². The maximum atomic E-state index is 12.1. The van der Waals surface area contributed by atoms with Crippen LogP contribution in [0, 0.1) is 0 Å². The van der Waals surface area contributed by atoms with Gasteiger partial charge >= 0.3 is 6.18 Å². The SMILES string of the molecule is CNCCCC(=O)Nc1ccc(CCC(F)(F)F)cc1. The van der Waals surface area contributed by atoms with Crippen LogP contribution < -0.4 is 10.6 Å². The number of halogens is 3. The molecule has 0 spiro atoms. The lowest BCUT2D eigenvalue weighted by atomic mass is 10.1. The van der Waals surface area contributed by atoms with Crippen molar-refractivity contribution in [2.45, 2.75) is 31.9 Å². The van der Waals surface area contributed by atoms with Crippen molar-refractivity contribution in [1.82, 2.24) is 5.32 Å². The Morgan fingerprint density at radius 2 is 1.85 bits per heavy atom. The molecule has 6 heteroatoms. The number of aryl methyl sites for hydroxylation is 1. The van der Waals surface area contributed by atoms with E-state index in [0.717, 1.165) is 13.0 Å². The lowest BCUT2D eigenvalue weighted by Gasteiger charge is -2.08. The lowest BCUT2D eigenvalue weighted by molar-refractivity contribution is -0.134. The molecule has 0 aliphatic carbocycles. The summed E-state index contributed by atoms with van der Waals surface area (Å²) in [7, 11) is 1.82. The van der Waals surface area contributed by atoms with Crippen molar-refractivity contribution in [2.24, 2.45) is 0 Å². The number of anilines is 1. The summed E-state index contributed by atoms with van der Waals surface area (Å²) in [6.07, 6.45) is -3.86. The molecule has 1 rings (SSSR count). The topological polar surface area (TPSA) is 41.1 Å². The molecule has 0 fully saturated rings. The van der Waals surface area contributed by atoms with Crippen LogP contribution in [0.3, 0.4) is 0 Å². The van der Waals surface area contributed by atoms with Gasteiger partial charge in [-0.3, -0.25) is 4.79 Å². The van der Waals surface area contributed by atoms with Crippen LogP contribution in [0.5, 0.6) is 0 Å². The second-order valence-corrected chi connectivity index (χ2v) is 4.57. The van der Waals surface area contributed by atoms with Crippen molar-refractivity contribution in [3.8, 4) is 0 Å². The van der Waals surface area contributed by atoms with Gasteiger partial charge in [0.2, 0.25) is 5.91 Å². The van der Waals surface area contributed by atoms with Crippen LogP contribution in [0.4, 0.5) is 18.9 Å². The number of carbonyl (C=O) groups is 1. The summed E-state index contributed by atoms with van der Waals surface area (Å²) in [5, 5.41) is 5.66. The fourth-order valence-corrected chi connectivity index (χ4v) is 1.69. The second kappa shape index (κ2) is 7.89. The Labute approximate surface area is 116 Å². The lowest BCUT2D eigenvalue weighted by Crippen LogP contribution is -2.15. The summed E-state index contributed by atoms with van der Waals surface area (Å²) in [6.45, 7) is 0.768. The third-order valence-electron chi connectivity index (χ3n) is 2.77. The van der Waals surface area contributed by atoms with Crippen LogP contribution in [-0.4, -0.2) is 25.7 Å². The molecule has 0 aliphatic rings. The summed E-state index contributed by atoms with van der Waals surface area (Å²) in [6, 6.07) is 6.47. The average molecular weight is 288 g/mol. The van der Waals surface area contributed by atoms with Gasteiger partial charge < -0.3 is 10.6 Å². The van der Waals surface area contributed by atoms with E-state index in [9.17, 15) is 18.0 Å². The third kappa shape index (κ3) is 7.13. The van der Waals surface area contributed by atoms with Crippen LogP contribution in [0.1, 0.15) is 24.8 Å². The first-order valence-electron chi connectivity index (χ1n) is 6.51. The molecule has 112 valence electrons. The summed E-state index contributed by atoms with van der Waals surface area (Å²) in [4.78, 5) is 11.5. The molecule has 0 aromatic heterocycles. The summed E-state index contributed by atoms with van der Waals surface area (Å²) >= 11 is 0. The highest BCUT2D eigenvalue weighted by atomic mass is 19.4. The summed E-state index contributed by atoms with van der Waals surface area (Å²) in [5.74, 6) is -0.0942. The van der Waals surface area contributed by atoms with E-state index in [2.05, 4.69) is 10.6 Å². The monoisotopic (exact) mass is 288 g/mol. The quantitative estimate of drug-likeness (QED) is 0.757. The smallest absolute Gasteiger partial charge is 0.326 e. The van der Waals surface area contributed by atoms with Gasteiger partial charge in [-0.1, -0.05) is 12.1 Å². The second-order valence-electron chi connectivity index (χ2n) is 4.57. The molecule has 1 amide bonds. The molecule has 0 aliphatic heterocycles. The number of hydrogen-bond donors (Lipinski definition) is 2. The highest BCUT2D eigenvalue weighted by Crippen LogP contribution is 2.22. The van der Waals surface area contributed by atoms with Gasteiger partial charge in [0.25, 0.3) is 0 Å². The molecule has 1 aromatic carbocycles. The molecule has 20 heavy (non-hydrogen) atoms. The van der Waals surface area contributed by atoms with Crippen LogP contribution in [0.15, 0.2) is 24.3 Å². The van der Waals surface area contributed by atoms with Gasteiger partial charge in [-0.15, -0.1) is 0 Å². The maximum absolute atomic E-state index is 12.1. The minimum Gasteiger partial charge on any atom is -0.326 e. The Morgan fingerprint density at radius 1 is 1.20 bits per heavy atom. The summed E-state index contributed by atoms with van der Waals surface area (Å²) in [5.41, 5.74) is 1.21. The van der Waals surface area contributed by atoms with Crippen molar-refractivity contribution >= 4 is 11.6 Å². The zero-order valence-electron chi connectivity index (χ0n) is 11.4. The number of amides is 1. The highest BCUT2D eigenvalue weighted by Gasteiger charge is 2.26. The highest BCUT2D eigenvalue weighted by molar-refractivity contribution is 5.90. The standard InChI is InChI=1S/C14H19F3N2O/c1-18-10-2-3-13(20)19-12-6-4-11(5-7-12)8-9-14(15,16)17/h4-7,18H,2-3,8-10H2,1H3,(H,19,20). The Bertz CT molecular complexity index is 415.